The van der Waals surface area contributed by atoms with E-state index in [1.165, 1.54) is 108 Å². The quantitative estimate of drug-likeness (QED) is 0.164. The molecule has 2 nitrogen and oxygen atoms in total. The molecule has 0 bridgehead atoms. The molecule has 0 amide bonds. The molecule has 3 heteroatoms. The lowest BCUT2D eigenvalue weighted by atomic mass is 9.70. The Bertz CT molecular complexity index is 4290. The lowest BCUT2D eigenvalue weighted by molar-refractivity contribution is 0.794. The van der Waals surface area contributed by atoms with Gasteiger partial charge in [-0.3, -0.25) is 0 Å². The molecule has 74 heavy (non-hydrogen) atoms. The Hall–Kier alpha value is -9.28. The molecule has 0 unspecified atom stereocenters. The van der Waals surface area contributed by atoms with E-state index in [2.05, 4.69) is 277 Å². The summed E-state index contributed by atoms with van der Waals surface area (Å²) in [6.45, 7) is 0. The molecule has 0 fully saturated rings. The maximum atomic E-state index is 2.53. The Morgan fingerprint density at radius 3 is 1.14 bits per heavy atom. The largest absolute Gasteiger partial charge is 0.310 e. The van der Waals surface area contributed by atoms with Crippen LogP contribution in [0.2, 0.25) is 0 Å². The van der Waals surface area contributed by atoms with Crippen LogP contribution in [-0.2, 0) is 5.41 Å². The van der Waals surface area contributed by atoms with E-state index >= 15 is 0 Å². The summed E-state index contributed by atoms with van der Waals surface area (Å²) in [5, 5.41) is 12.4. The van der Waals surface area contributed by atoms with Gasteiger partial charge in [-0.05, 0) is 161 Å². The van der Waals surface area contributed by atoms with Gasteiger partial charge in [0.15, 0.2) is 0 Å². The first-order valence-corrected chi connectivity index (χ1v) is 26.4. The van der Waals surface area contributed by atoms with Crippen molar-refractivity contribution in [3.05, 3.63) is 289 Å². The van der Waals surface area contributed by atoms with Crippen LogP contribution in [0.3, 0.4) is 0 Å². The van der Waals surface area contributed by atoms with Gasteiger partial charge >= 0.3 is 0 Å². The maximum absolute atomic E-state index is 2.53. The monoisotopic (exact) mass is 956 g/mol. The van der Waals surface area contributed by atoms with Crippen molar-refractivity contribution in [3.8, 4) is 22.3 Å². The molecule has 1 aromatic heterocycles. The highest BCUT2D eigenvalue weighted by molar-refractivity contribution is 7.26. The first-order valence-electron chi connectivity index (χ1n) is 25.6. The van der Waals surface area contributed by atoms with Crippen molar-refractivity contribution in [3.63, 3.8) is 0 Å². The molecule has 16 rings (SSSR count). The maximum Gasteiger partial charge on any atom is 0.0727 e. The summed E-state index contributed by atoms with van der Waals surface area (Å²) >= 11 is 1.93. The van der Waals surface area contributed by atoms with Crippen LogP contribution in [-0.4, -0.2) is 0 Å². The van der Waals surface area contributed by atoms with Crippen LogP contribution < -0.4 is 9.80 Å². The van der Waals surface area contributed by atoms with Gasteiger partial charge in [0, 0.05) is 59.9 Å². The summed E-state index contributed by atoms with van der Waals surface area (Å²) in [7, 11) is 0. The van der Waals surface area contributed by atoms with Gasteiger partial charge in [0.2, 0.25) is 0 Å². The molecule has 0 saturated heterocycles. The van der Waals surface area contributed by atoms with Gasteiger partial charge in [0.25, 0.3) is 0 Å². The second-order valence-electron chi connectivity index (χ2n) is 20.0. The van der Waals surface area contributed by atoms with E-state index in [1.807, 2.05) is 11.3 Å². The molecule has 0 aliphatic heterocycles. The Morgan fingerprint density at radius 2 is 0.649 bits per heavy atom. The molecule has 0 atom stereocenters. The molecule has 13 aromatic carbocycles. The Balaban J connectivity index is 0.985. The first-order chi connectivity index (χ1) is 36.7. The zero-order valence-corrected chi connectivity index (χ0v) is 41.0. The van der Waals surface area contributed by atoms with Gasteiger partial charge < -0.3 is 9.80 Å². The number of benzene rings is 13. The van der Waals surface area contributed by atoms with E-state index in [-0.39, 0.29) is 0 Å². The molecule has 0 radical (unpaired) electrons. The number of rotatable bonds is 6. The zero-order valence-electron chi connectivity index (χ0n) is 40.2. The molecular formula is C71H44N2S. The molecule has 14 aromatic rings. The van der Waals surface area contributed by atoms with Crippen molar-refractivity contribution in [2.24, 2.45) is 0 Å². The van der Waals surface area contributed by atoms with Crippen LogP contribution in [0.25, 0.3) is 85.5 Å². The summed E-state index contributed by atoms with van der Waals surface area (Å²) in [5.41, 5.74) is 16.5. The van der Waals surface area contributed by atoms with Crippen LogP contribution in [0.1, 0.15) is 22.3 Å². The number of hydrogen-bond donors (Lipinski definition) is 0. The van der Waals surface area contributed by atoms with Crippen LogP contribution >= 0.6 is 11.3 Å². The predicted molar refractivity (Wildman–Crippen MR) is 315 cm³/mol. The van der Waals surface area contributed by atoms with E-state index in [1.54, 1.807) is 0 Å². The van der Waals surface area contributed by atoms with Gasteiger partial charge in [-0.2, -0.15) is 0 Å². The normalized spacial score (nSPS) is 13.0. The minimum Gasteiger partial charge on any atom is -0.310 e. The fourth-order valence-corrected chi connectivity index (χ4v) is 14.1. The van der Waals surface area contributed by atoms with Crippen LogP contribution in [0.4, 0.5) is 34.1 Å². The lowest BCUT2D eigenvalue weighted by Gasteiger charge is -2.33. The highest BCUT2D eigenvalue weighted by atomic mass is 32.1. The smallest absolute Gasteiger partial charge is 0.0727 e. The first kappa shape index (κ1) is 41.3. The SMILES string of the molecule is c1ccc2c(c1)-c1c(ccc3c1sc1ccccc13)C21c2cc(N(c3ccc4ccccc4c3)c3ccc4ccccc4c3)ccc2-c2ccc(N(c3ccc4ccccc4c3)c3ccc4ccccc4c3)cc21. The average Bonchev–Trinajstić information content (AvgIpc) is 4.17. The van der Waals surface area contributed by atoms with E-state index in [0.29, 0.717) is 0 Å². The minimum atomic E-state index is -0.649. The number of hydrogen-bond acceptors (Lipinski definition) is 3. The van der Waals surface area contributed by atoms with Crippen LogP contribution in [0.5, 0.6) is 0 Å². The van der Waals surface area contributed by atoms with Crippen molar-refractivity contribution in [2.45, 2.75) is 5.41 Å². The van der Waals surface area contributed by atoms with Crippen molar-refractivity contribution in [2.75, 3.05) is 9.80 Å². The molecule has 1 spiro atoms. The van der Waals surface area contributed by atoms with E-state index in [0.717, 1.165) is 34.1 Å². The number of nitrogens with zero attached hydrogens (tertiary/aromatic N) is 2. The summed E-state index contributed by atoms with van der Waals surface area (Å²) in [6, 6.07) is 100. The molecule has 0 N–H and O–H groups in total. The van der Waals surface area contributed by atoms with Crippen molar-refractivity contribution < 1.29 is 0 Å². The molecule has 2 aliphatic carbocycles. The third-order valence-corrected chi connectivity index (χ3v) is 17.3. The van der Waals surface area contributed by atoms with E-state index in [4.69, 9.17) is 0 Å². The summed E-state index contributed by atoms with van der Waals surface area (Å²) in [5.74, 6) is 0. The topological polar surface area (TPSA) is 6.48 Å². The van der Waals surface area contributed by atoms with Crippen molar-refractivity contribution in [1.29, 1.82) is 0 Å². The van der Waals surface area contributed by atoms with Crippen molar-refractivity contribution in [1.82, 2.24) is 0 Å². The van der Waals surface area contributed by atoms with Gasteiger partial charge in [-0.25, -0.2) is 0 Å². The molecule has 1 heterocycles. The lowest BCUT2D eigenvalue weighted by Crippen LogP contribution is -2.26. The highest BCUT2D eigenvalue weighted by Gasteiger charge is 2.53. The number of fused-ring (bicyclic) bond motifs is 18. The zero-order chi connectivity index (χ0) is 48.5. The standard InChI is InChI=1S/C71H44N2S/c1-5-17-49-39-53(29-25-45(49)13-1)72(54-30-26-46-14-2-6-18-50(46)40-54)57-33-35-59-60-36-34-58(73(55-31-27-47-15-3-7-19-51(47)41-55)56-32-28-48-16-4-8-20-52(48)42-56)44-67(60)71(66(59)43-57)64-23-11-9-22-63(64)69-65(71)38-37-62-61-21-10-12-24-68(61)74-70(62)69/h1-44H. The van der Waals surface area contributed by atoms with Crippen LogP contribution in [0, 0.1) is 0 Å². The van der Waals surface area contributed by atoms with Gasteiger partial charge in [-0.15, -0.1) is 11.3 Å². The average molecular weight is 957 g/mol. The van der Waals surface area contributed by atoms with Crippen molar-refractivity contribution >= 4 is 109 Å². The second-order valence-corrected chi connectivity index (χ2v) is 21.1. The predicted octanol–water partition coefficient (Wildman–Crippen LogP) is 20.0. The number of anilines is 6. The molecule has 344 valence electrons. The van der Waals surface area contributed by atoms with E-state index < -0.39 is 5.41 Å². The minimum absolute atomic E-state index is 0.649. The fraction of sp³-hybridized carbons (Fsp3) is 0.0141. The Kier molecular flexibility index (Phi) is 8.86. The third-order valence-electron chi connectivity index (χ3n) is 16.1. The summed E-state index contributed by atoms with van der Waals surface area (Å²) < 4.78 is 2.66. The van der Waals surface area contributed by atoms with Gasteiger partial charge in [-0.1, -0.05) is 188 Å². The summed E-state index contributed by atoms with van der Waals surface area (Å²) in [6.07, 6.45) is 0. The summed E-state index contributed by atoms with van der Waals surface area (Å²) in [4.78, 5) is 4.94. The van der Waals surface area contributed by atoms with Gasteiger partial charge in [0.1, 0.15) is 0 Å². The highest BCUT2D eigenvalue weighted by Crippen LogP contribution is 2.66. The Morgan fingerprint density at radius 1 is 0.257 bits per heavy atom. The third kappa shape index (κ3) is 5.99. The molecule has 2 aliphatic rings. The van der Waals surface area contributed by atoms with Gasteiger partial charge in [0.05, 0.1) is 5.41 Å². The molecular weight excluding hydrogens is 913 g/mol. The number of thiophene rings is 1. The fourth-order valence-electron chi connectivity index (χ4n) is 12.9. The Labute approximate surface area is 432 Å². The van der Waals surface area contributed by atoms with Crippen LogP contribution in [0.15, 0.2) is 267 Å². The second kappa shape index (κ2) is 15.9. The van der Waals surface area contributed by atoms with E-state index in [9.17, 15) is 0 Å². The molecule has 0 saturated carbocycles.